The number of likely N-dealkylation sites (N-methyl/N-ethyl adjacent to an activating group) is 1. The van der Waals surface area contributed by atoms with E-state index in [-0.39, 0.29) is 11.7 Å². The molecule has 1 aliphatic heterocycles. The molecule has 1 amide bonds. The summed E-state index contributed by atoms with van der Waals surface area (Å²) >= 11 is 6.68. The van der Waals surface area contributed by atoms with Crippen LogP contribution >= 0.6 is 23.4 Å². The van der Waals surface area contributed by atoms with Crippen LogP contribution in [0, 0.1) is 0 Å². The molecule has 0 unspecified atom stereocenters. The number of amidine groups is 1. The number of aliphatic imine (C=N–C) groups is 1. The SMILES string of the molecule is CCOc1cc(/C=C2/SC(=Nc3ccc(C(=O)Cl)cc3)N(C)C2=O)ccc1O. The minimum atomic E-state index is -0.535. The zero-order valence-corrected chi connectivity index (χ0v) is 16.8. The minimum Gasteiger partial charge on any atom is -0.504 e. The van der Waals surface area contributed by atoms with Crippen LogP contribution in [-0.4, -0.2) is 40.0 Å². The molecule has 1 saturated heterocycles. The number of phenols is 1. The molecule has 3 rings (SSSR count). The fourth-order valence-electron chi connectivity index (χ4n) is 2.47. The molecule has 0 radical (unpaired) electrons. The van der Waals surface area contributed by atoms with Crippen molar-refractivity contribution in [1.82, 2.24) is 4.90 Å². The fourth-order valence-corrected chi connectivity index (χ4v) is 3.58. The Balaban J connectivity index is 1.85. The van der Waals surface area contributed by atoms with Gasteiger partial charge in [0.25, 0.3) is 11.1 Å². The third kappa shape index (κ3) is 4.37. The number of hydrogen-bond acceptors (Lipinski definition) is 6. The molecule has 0 atom stereocenters. The number of carbonyl (C=O) groups is 2. The number of thioether (sulfide) groups is 1. The largest absolute Gasteiger partial charge is 0.504 e. The van der Waals surface area contributed by atoms with Crippen LogP contribution in [0.5, 0.6) is 11.5 Å². The lowest BCUT2D eigenvalue weighted by Gasteiger charge is -2.07. The monoisotopic (exact) mass is 416 g/mol. The molecule has 6 nitrogen and oxygen atoms in total. The van der Waals surface area contributed by atoms with Gasteiger partial charge < -0.3 is 9.84 Å². The first kappa shape index (κ1) is 20.0. The van der Waals surface area contributed by atoms with Crippen LogP contribution in [0.4, 0.5) is 5.69 Å². The number of aromatic hydroxyl groups is 1. The van der Waals surface area contributed by atoms with Crippen LogP contribution in [0.2, 0.25) is 0 Å². The van der Waals surface area contributed by atoms with Gasteiger partial charge in [0.05, 0.1) is 17.2 Å². The van der Waals surface area contributed by atoms with E-state index in [1.165, 1.54) is 22.7 Å². The molecule has 0 aromatic heterocycles. The Hall–Kier alpha value is -2.77. The van der Waals surface area contributed by atoms with E-state index in [2.05, 4.69) is 4.99 Å². The van der Waals surface area contributed by atoms with Crippen LogP contribution in [0.25, 0.3) is 6.08 Å². The number of amides is 1. The van der Waals surface area contributed by atoms with Crippen molar-refractivity contribution in [3.63, 3.8) is 0 Å². The summed E-state index contributed by atoms with van der Waals surface area (Å²) in [6.45, 7) is 2.25. The lowest BCUT2D eigenvalue weighted by molar-refractivity contribution is -0.121. The van der Waals surface area contributed by atoms with Gasteiger partial charge in [0.2, 0.25) is 0 Å². The first-order valence-electron chi connectivity index (χ1n) is 8.41. The molecule has 8 heteroatoms. The number of phenolic OH excluding ortho intramolecular Hbond substituents is 1. The molecule has 2 aromatic carbocycles. The van der Waals surface area contributed by atoms with E-state index >= 15 is 0 Å². The molecule has 1 fully saturated rings. The van der Waals surface area contributed by atoms with Gasteiger partial charge in [-0.25, -0.2) is 4.99 Å². The van der Waals surface area contributed by atoms with Crippen LogP contribution in [0.15, 0.2) is 52.4 Å². The molecule has 1 heterocycles. The summed E-state index contributed by atoms with van der Waals surface area (Å²) in [6.07, 6.45) is 1.73. The van der Waals surface area contributed by atoms with Crippen molar-refractivity contribution < 1.29 is 19.4 Å². The van der Waals surface area contributed by atoms with Crippen LogP contribution < -0.4 is 4.74 Å². The Morgan fingerprint density at radius 1 is 1.29 bits per heavy atom. The van der Waals surface area contributed by atoms with E-state index in [0.29, 0.717) is 33.7 Å². The zero-order valence-electron chi connectivity index (χ0n) is 15.2. The van der Waals surface area contributed by atoms with Crippen molar-refractivity contribution in [2.75, 3.05) is 13.7 Å². The highest BCUT2D eigenvalue weighted by atomic mass is 35.5. The summed E-state index contributed by atoms with van der Waals surface area (Å²) in [5, 5.41) is 9.79. The number of carbonyl (C=O) groups excluding carboxylic acids is 2. The first-order chi connectivity index (χ1) is 13.4. The molecule has 0 saturated carbocycles. The predicted molar refractivity (Wildman–Crippen MR) is 111 cm³/mol. The normalized spacial score (nSPS) is 16.8. The topological polar surface area (TPSA) is 79.2 Å². The van der Waals surface area contributed by atoms with Crippen LogP contribution in [0.3, 0.4) is 0 Å². The minimum absolute atomic E-state index is 0.0487. The average molecular weight is 417 g/mol. The summed E-state index contributed by atoms with van der Waals surface area (Å²) in [7, 11) is 1.65. The van der Waals surface area contributed by atoms with E-state index in [0.717, 1.165) is 5.56 Å². The molecule has 1 aliphatic rings. The number of rotatable bonds is 5. The molecule has 144 valence electrons. The highest BCUT2D eigenvalue weighted by Crippen LogP contribution is 2.35. The lowest BCUT2D eigenvalue weighted by atomic mass is 10.2. The van der Waals surface area contributed by atoms with Gasteiger partial charge in [-0.1, -0.05) is 6.07 Å². The molecular formula is C20H17ClN2O4S. The first-order valence-corrected chi connectivity index (χ1v) is 9.60. The maximum absolute atomic E-state index is 12.5. The van der Waals surface area contributed by atoms with Crippen LogP contribution in [-0.2, 0) is 4.79 Å². The van der Waals surface area contributed by atoms with E-state index in [9.17, 15) is 14.7 Å². The van der Waals surface area contributed by atoms with Crippen molar-refractivity contribution in [3.05, 3.63) is 58.5 Å². The molecule has 28 heavy (non-hydrogen) atoms. The van der Waals surface area contributed by atoms with Crippen molar-refractivity contribution in [2.45, 2.75) is 6.92 Å². The fraction of sp³-hybridized carbons (Fsp3) is 0.150. The van der Waals surface area contributed by atoms with Gasteiger partial charge in [-0.15, -0.1) is 0 Å². The summed E-state index contributed by atoms with van der Waals surface area (Å²) in [5.74, 6) is 0.235. The standard InChI is InChI=1S/C20H17ClN2O4S/c1-3-27-16-10-12(4-9-15(16)24)11-17-19(26)23(2)20(28-17)22-14-7-5-13(6-8-14)18(21)25/h4-11,24H,3H2,1-2H3/b17-11+,22-20?. The number of nitrogens with zero attached hydrogens (tertiary/aromatic N) is 2. The van der Waals surface area contributed by atoms with Gasteiger partial charge >= 0.3 is 0 Å². The number of hydrogen-bond donors (Lipinski definition) is 1. The van der Waals surface area contributed by atoms with Gasteiger partial charge in [-0.2, -0.15) is 0 Å². The second kappa shape index (κ2) is 8.50. The van der Waals surface area contributed by atoms with Crippen LogP contribution in [0.1, 0.15) is 22.8 Å². The molecular weight excluding hydrogens is 400 g/mol. The van der Waals surface area contributed by atoms with Gasteiger partial charge in [-0.05, 0) is 78.3 Å². The van der Waals surface area contributed by atoms with Crippen molar-refractivity contribution in [2.24, 2.45) is 4.99 Å². The number of benzene rings is 2. The number of ether oxygens (including phenoxy) is 1. The highest BCUT2D eigenvalue weighted by molar-refractivity contribution is 8.18. The molecule has 0 bridgehead atoms. The van der Waals surface area contributed by atoms with Gasteiger partial charge in [0, 0.05) is 12.6 Å². The summed E-state index contributed by atoms with van der Waals surface area (Å²) in [4.78, 5) is 30.1. The maximum atomic E-state index is 12.5. The predicted octanol–water partition coefficient (Wildman–Crippen LogP) is 4.40. The smallest absolute Gasteiger partial charge is 0.266 e. The summed E-state index contributed by atoms with van der Waals surface area (Å²) in [6, 6.07) is 11.4. The zero-order chi connectivity index (χ0) is 20.3. The summed E-state index contributed by atoms with van der Waals surface area (Å²) in [5.41, 5.74) is 1.72. The second-order valence-corrected chi connectivity index (χ2v) is 7.20. The van der Waals surface area contributed by atoms with E-state index in [4.69, 9.17) is 16.3 Å². The molecule has 2 aromatic rings. The van der Waals surface area contributed by atoms with E-state index < -0.39 is 5.24 Å². The van der Waals surface area contributed by atoms with Crippen molar-refractivity contribution in [3.8, 4) is 11.5 Å². The Bertz CT molecular complexity index is 986. The quantitative estimate of drug-likeness (QED) is 0.577. The molecule has 1 N–H and O–H groups in total. The third-order valence-corrected chi connectivity index (χ3v) is 5.18. The average Bonchev–Trinajstić information content (AvgIpc) is 2.93. The Morgan fingerprint density at radius 2 is 2.00 bits per heavy atom. The Kier molecular flexibility index (Phi) is 6.06. The Labute approximate surface area is 171 Å². The lowest BCUT2D eigenvalue weighted by Crippen LogP contribution is -2.23. The second-order valence-electron chi connectivity index (χ2n) is 5.85. The Morgan fingerprint density at radius 3 is 2.64 bits per heavy atom. The van der Waals surface area contributed by atoms with E-state index in [1.54, 1.807) is 49.5 Å². The molecule has 0 spiro atoms. The van der Waals surface area contributed by atoms with Crippen molar-refractivity contribution in [1.29, 1.82) is 0 Å². The van der Waals surface area contributed by atoms with Gasteiger partial charge in [0.15, 0.2) is 16.7 Å². The third-order valence-electron chi connectivity index (χ3n) is 3.90. The highest BCUT2D eigenvalue weighted by Gasteiger charge is 2.30. The summed E-state index contributed by atoms with van der Waals surface area (Å²) < 4.78 is 5.38. The molecule has 0 aliphatic carbocycles. The van der Waals surface area contributed by atoms with Crippen molar-refractivity contribution >= 4 is 51.4 Å². The van der Waals surface area contributed by atoms with E-state index in [1.807, 2.05) is 6.92 Å². The van der Waals surface area contributed by atoms with Gasteiger partial charge in [-0.3, -0.25) is 14.5 Å². The number of halogens is 1. The van der Waals surface area contributed by atoms with Gasteiger partial charge in [0.1, 0.15) is 0 Å². The maximum Gasteiger partial charge on any atom is 0.266 e.